The lowest BCUT2D eigenvalue weighted by molar-refractivity contribution is -0.143. The lowest BCUT2D eigenvalue weighted by Gasteiger charge is -2.20. The molecule has 388 valence electrons. The monoisotopic (exact) mass is 928 g/mol. The predicted molar refractivity (Wildman–Crippen MR) is 287 cm³/mol. The van der Waals surface area contributed by atoms with Crippen LogP contribution in [-0.2, 0) is 14.3 Å². The van der Waals surface area contributed by atoms with Gasteiger partial charge in [-0.2, -0.15) is 0 Å². The molecule has 0 aliphatic carbocycles. The van der Waals surface area contributed by atoms with Gasteiger partial charge in [0.15, 0.2) is 0 Å². The Morgan fingerprint density at radius 3 is 1.21 bits per heavy atom. The zero-order valence-corrected chi connectivity index (χ0v) is 44.2. The molecular weight excluding hydrogens is 815 g/mol. The second-order valence-corrected chi connectivity index (χ2v) is 20.0. The third-order valence-corrected chi connectivity index (χ3v) is 13.4. The predicted octanol–water partition coefficient (Wildman–Crippen LogP) is 18.0. The van der Waals surface area contributed by atoms with Crippen molar-refractivity contribution in [2.75, 3.05) is 13.2 Å². The second-order valence-electron chi connectivity index (χ2n) is 20.0. The highest BCUT2D eigenvalue weighted by molar-refractivity contribution is 5.76. The van der Waals surface area contributed by atoms with Crippen molar-refractivity contribution < 1.29 is 24.5 Å². The van der Waals surface area contributed by atoms with Crippen molar-refractivity contribution in [2.24, 2.45) is 0 Å². The molecule has 0 bridgehead atoms. The van der Waals surface area contributed by atoms with Gasteiger partial charge in [0.25, 0.3) is 0 Å². The number of nitrogens with one attached hydrogen (secondary N) is 1. The number of aliphatic hydroxyl groups is 2. The van der Waals surface area contributed by atoms with Crippen molar-refractivity contribution in [3.8, 4) is 0 Å². The third kappa shape index (κ3) is 51.5. The summed E-state index contributed by atoms with van der Waals surface area (Å²) in [4.78, 5) is 24.5. The van der Waals surface area contributed by atoms with E-state index in [4.69, 9.17) is 4.74 Å². The molecule has 0 aliphatic heterocycles. The van der Waals surface area contributed by atoms with Gasteiger partial charge in [0.2, 0.25) is 5.91 Å². The Labute approximate surface area is 411 Å². The zero-order valence-electron chi connectivity index (χ0n) is 44.2. The highest BCUT2D eigenvalue weighted by Gasteiger charge is 2.18. The first-order valence-corrected chi connectivity index (χ1v) is 29.3. The standard InChI is InChI=1S/C60H113NO5/c1-3-5-7-9-11-13-15-17-18-19-20-21-22-25-29-32-36-40-44-48-52-58(63)57(56-62)61-59(64)53-49-45-41-37-33-30-26-23-24-27-31-35-39-43-47-51-55-66-60(65)54-50-46-42-38-34-28-16-14-12-10-8-6-4-2/h8,10,14,16,48,52,57-58,62-63H,3-7,9,11-13,15,17-47,49-51,53-56H2,1-2H3,(H,61,64)/b10-8-,16-14-,52-48+. The Balaban J connectivity index is 3.47. The molecule has 2 atom stereocenters. The Bertz CT molecular complexity index is 1070. The Morgan fingerprint density at radius 1 is 0.424 bits per heavy atom. The van der Waals surface area contributed by atoms with Crippen molar-refractivity contribution >= 4 is 11.9 Å². The molecule has 0 aliphatic rings. The molecule has 0 fully saturated rings. The largest absolute Gasteiger partial charge is 0.466 e. The van der Waals surface area contributed by atoms with Crippen LogP contribution in [0.25, 0.3) is 0 Å². The number of amides is 1. The van der Waals surface area contributed by atoms with Crippen molar-refractivity contribution in [3.63, 3.8) is 0 Å². The second kappa shape index (κ2) is 55.7. The van der Waals surface area contributed by atoms with Crippen molar-refractivity contribution in [1.82, 2.24) is 5.32 Å². The molecular formula is C60H113NO5. The summed E-state index contributed by atoms with van der Waals surface area (Å²) in [6.07, 6.45) is 68.8. The van der Waals surface area contributed by atoms with Crippen LogP contribution in [0.1, 0.15) is 309 Å². The van der Waals surface area contributed by atoms with E-state index in [9.17, 15) is 19.8 Å². The summed E-state index contributed by atoms with van der Waals surface area (Å²) in [6, 6.07) is -0.634. The van der Waals surface area contributed by atoms with E-state index in [1.54, 1.807) is 6.08 Å². The van der Waals surface area contributed by atoms with Gasteiger partial charge in [0.1, 0.15) is 0 Å². The smallest absolute Gasteiger partial charge is 0.305 e. The number of unbranched alkanes of at least 4 members (excludes halogenated alkanes) is 39. The fourth-order valence-electron chi connectivity index (χ4n) is 8.91. The van der Waals surface area contributed by atoms with E-state index in [0.717, 1.165) is 57.8 Å². The van der Waals surface area contributed by atoms with Crippen LogP contribution in [0.5, 0.6) is 0 Å². The summed E-state index contributed by atoms with van der Waals surface area (Å²) in [5, 5.41) is 23.2. The Hall–Kier alpha value is -1.92. The van der Waals surface area contributed by atoms with Crippen molar-refractivity contribution in [2.45, 2.75) is 321 Å². The molecule has 0 heterocycles. The fourth-order valence-corrected chi connectivity index (χ4v) is 8.91. The molecule has 0 saturated heterocycles. The van der Waals surface area contributed by atoms with Gasteiger partial charge in [-0.05, 0) is 57.8 Å². The van der Waals surface area contributed by atoms with Crippen LogP contribution in [0.2, 0.25) is 0 Å². The van der Waals surface area contributed by atoms with Crippen LogP contribution < -0.4 is 5.32 Å². The van der Waals surface area contributed by atoms with Gasteiger partial charge in [-0.25, -0.2) is 0 Å². The summed E-state index contributed by atoms with van der Waals surface area (Å²) >= 11 is 0. The number of carbonyl (C=O) groups excluding carboxylic acids is 2. The fraction of sp³-hybridized carbons (Fsp3) is 0.867. The molecule has 0 aromatic carbocycles. The number of carbonyl (C=O) groups is 2. The van der Waals surface area contributed by atoms with E-state index in [1.807, 2.05) is 6.08 Å². The van der Waals surface area contributed by atoms with Crippen LogP contribution in [0.15, 0.2) is 36.5 Å². The minimum absolute atomic E-state index is 0.0131. The van der Waals surface area contributed by atoms with Crippen molar-refractivity contribution in [1.29, 1.82) is 0 Å². The van der Waals surface area contributed by atoms with Gasteiger partial charge in [0.05, 0.1) is 25.4 Å². The first-order chi connectivity index (χ1) is 32.5. The zero-order chi connectivity index (χ0) is 47.9. The minimum Gasteiger partial charge on any atom is -0.466 e. The normalized spacial score (nSPS) is 12.8. The SMILES string of the molecule is CCC/C=C\C/C=C\CCCCCCCC(=O)OCCCCCCCCCCCCCCCCCCC(=O)NC(CO)C(O)/C=C/CCCCCCCCCCCCCCCCCCCC. The average Bonchev–Trinajstić information content (AvgIpc) is 3.32. The summed E-state index contributed by atoms with van der Waals surface area (Å²) in [7, 11) is 0. The van der Waals surface area contributed by atoms with Gasteiger partial charge in [-0.3, -0.25) is 9.59 Å². The molecule has 1 amide bonds. The number of allylic oxidation sites excluding steroid dienone is 5. The molecule has 3 N–H and O–H groups in total. The number of rotatable bonds is 54. The van der Waals surface area contributed by atoms with Crippen molar-refractivity contribution in [3.05, 3.63) is 36.5 Å². The summed E-state index contributed by atoms with van der Waals surface area (Å²) < 4.78 is 5.46. The first-order valence-electron chi connectivity index (χ1n) is 29.3. The third-order valence-electron chi connectivity index (χ3n) is 13.4. The maximum atomic E-state index is 12.5. The van der Waals surface area contributed by atoms with Crippen LogP contribution in [-0.4, -0.2) is 47.4 Å². The van der Waals surface area contributed by atoms with Gasteiger partial charge >= 0.3 is 5.97 Å². The molecule has 0 aromatic heterocycles. The topological polar surface area (TPSA) is 95.9 Å². The van der Waals surface area contributed by atoms with Gasteiger partial charge in [-0.15, -0.1) is 0 Å². The molecule has 6 heteroatoms. The van der Waals surface area contributed by atoms with Crippen LogP contribution in [0.4, 0.5) is 0 Å². The van der Waals surface area contributed by atoms with E-state index in [2.05, 4.69) is 43.5 Å². The highest BCUT2D eigenvalue weighted by Crippen LogP contribution is 2.17. The van der Waals surface area contributed by atoms with Crippen LogP contribution in [0, 0.1) is 0 Å². The van der Waals surface area contributed by atoms with Crippen LogP contribution >= 0.6 is 0 Å². The van der Waals surface area contributed by atoms with Gasteiger partial charge in [0, 0.05) is 12.8 Å². The molecule has 0 rings (SSSR count). The van der Waals surface area contributed by atoms with E-state index >= 15 is 0 Å². The lowest BCUT2D eigenvalue weighted by atomic mass is 10.0. The molecule has 0 radical (unpaired) electrons. The van der Waals surface area contributed by atoms with E-state index in [0.29, 0.717) is 19.4 Å². The maximum Gasteiger partial charge on any atom is 0.305 e. The summed E-state index contributed by atoms with van der Waals surface area (Å²) in [6.45, 7) is 4.83. The number of esters is 1. The Morgan fingerprint density at radius 2 is 0.788 bits per heavy atom. The summed E-state index contributed by atoms with van der Waals surface area (Å²) in [5.41, 5.74) is 0. The number of hydrogen-bond acceptors (Lipinski definition) is 5. The molecule has 66 heavy (non-hydrogen) atoms. The van der Waals surface area contributed by atoms with E-state index < -0.39 is 12.1 Å². The number of ether oxygens (including phenoxy) is 1. The first kappa shape index (κ1) is 64.1. The number of hydrogen-bond donors (Lipinski definition) is 3. The molecule has 6 nitrogen and oxygen atoms in total. The highest BCUT2D eigenvalue weighted by atomic mass is 16.5. The van der Waals surface area contributed by atoms with Crippen LogP contribution in [0.3, 0.4) is 0 Å². The number of aliphatic hydroxyl groups excluding tert-OH is 2. The van der Waals surface area contributed by atoms with E-state index in [1.165, 1.54) is 225 Å². The molecule has 0 saturated carbocycles. The summed E-state index contributed by atoms with van der Waals surface area (Å²) in [5.74, 6) is -0.0865. The quantitative estimate of drug-likeness (QED) is 0.0321. The lowest BCUT2D eigenvalue weighted by Crippen LogP contribution is -2.45. The molecule has 0 aromatic rings. The minimum atomic E-state index is -0.850. The average molecular weight is 929 g/mol. The van der Waals surface area contributed by atoms with E-state index in [-0.39, 0.29) is 18.5 Å². The van der Waals surface area contributed by atoms with Gasteiger partial charge in [-0.1, -0.05) is 275 Å². The van der Waals surface area contributed by atoms with Gasteiger partial charge < -0.3 is 20.3 Å². The molecule has 2 unspecified atom stereocenters. The maximum absolute atomic E-state index is 12.5. The molecule has 0 spiro atoms. The Kier molecular flexibility index (Phi) is 54.1.